The van der Waals surface area contributed by atoms with Crippen molar-refractivity contribution in [2.45, 2.75) is 31.4 Å². The van der Waals surface area contributed by atoms with Gasteiger partial charge in [-0.05, 0) is 66.3 Å². The molecule has 3 aromatic heterocycles. The van der Waals surface area contributed by atoms with Gasteiger partial charge in [-0.25, -0.2) is 4.99 Å². The zero-order valence-corrected chi connectivity index (χ0v) is 25.3. The highest BCUT2D eigenvalue weighted by molar-refractivity contribution is 7.26. The number of para-hydroxylation sites is 1. The van der Waals surface area contributed by atoms with E-state index in [0.717, 1.165) is 47.3 Å². The first kappa shape index (κ1) is 25.2. The Labute approximate surface area is 263 Å². The second-order valence-corrected chi connectivity index (χ2v) is 13.2. The highest BCUT2D eigenvalue weighted by Crippen LogP contribution is 2.47. The fourth-order valence-corrected chi connectivity index (χ4v) is 8.78. The lowest BCUT2D eigenvalue weighted by Crippen LogP contribution is -2.14. The van der Waals surface area contributed by atoms with Gasteiger partial charge in [0.15, 0.2) is 18.3 Å². The molecule has 45 heavy (non-hydrogen) atoms. The third kappa shape index (κ3) is 3.74. The van der Waals surface area contributed by atoms with Crippen LogP contribution in [0.3, 0.4) is 0 Å². The number of fused-ring (bicyclic) bond motifs is 10. The lowest BCUT2D eigenvalue weighted by atomic mass is 9.95. The van der Waals surface area contributed by atoms with Gasteiger partial charge in [0.05, 0.1) is 11.6 Å². The molecule has 4 heterocycles. The summed E-state index contributed by atoms with van der Waals surface area (Å²) in [6, 6.07) is 28.8. The van der Waals surface area contributed by atoms with E-state index in [-0.39, 0.29) is 12.1 Å². The molecule has 0 saturated carbocycles. The van der Waals surface area contributed by atoms with Crippen LogP contribution in [-0.4, -0.2) is 11.0 Å². The molecule has 0 radical (unpaired) electrons. The van der Waals surface area contributed by atoms with Gasteiger partial charge in [-0.1, -0.05) is 85.0 Å². The number of rotatable bonds is 3. The highest BCUT2D eigenvalue weighted by atomic mass is 32.1. The monoisotopic (exact) mass is 600 g/mol. The van der Waals surface area contributed by atoms with Gasteiger partial charge in [-0.2, -0.15) is 0 Å². The van der Waals surface area contributed by atoms with Crippen molar-refractivity contribution in [1.82, 2.24) is 4.57 Å². The average Bonchev–Trinajstić information content (AvgIpc) is 3.78. The van der Waals surface area contributed by atoms with Gasteiger partial charge in [-0.15, -0.1) is 11.3 Å². The van der Waals surface area contributed by atoms with Crippen LogP contribution in [0.2, 0.25) is 0 Å². The SMILES string of the molecule is C1=CC(c2ccc3oc4c(c3c2)N=COC4C2=CC(n3c4ccccc4c4c5sc6ccccc6c5ccc43)CC=C2)=CCC1. The number of thiophene rings is 1. The van der Waals surface area contributed by atoms with Crippen molar-refractivity contribution >= 4 is 81.9 Å². The maximum Gasteiger partial charge on any atom is 0.184 e. The molecular weight excluding hydrogens is 573 g/mol. The minimum Gasteiger partial charge on any atom is -0.467 e. The lowest BCUT2D eigenvalue weighted by molar-refractivity contribution is 0.209. The fourth-order valence-electron chi connectivity index (χ4n) is 7.52. The summed E-state index contributed by atoms with van der Waals surface area (Å²) in [5.41, 5.74) is 7.75. The standard InChI is InChI=1S/C40H28N2O2S/c1-2-9-24(10-3-1)25-17-20-34-31(22-25)37-39(44-34)38(43-23-41-37)26-11-8-12-27(21-26)42-32-15-6-4-14-30(32)36-33(42)19-18-29-28-13-5-7-16-35(28)45-40(29)36/h2,4-11,13-23,27,38H,1,3,12H2. The van der Waals surface area contributed by atoms with Crippen LogP contribution in [0, 0.1) is 0 Å². The summed E-state index contributed by atoms with van der Waals surface area (Å²) in [4.78, 5) is 4.68. The van der Waals surface area contributed by atoms with Gasteiger partial charge in [0.2, 0.25) is 0 Å². The molecule has 0 saturated heterocycles. The third-order valence-electron chi connectivity index (χ3n) is 9.56. The molecule has 5 heteroatoms. The quantitative estimate of drug-likeness (QED) is 0.202. The molecular formula is C40H28N2O2S. The summed E-state index contributed by atoms with van der Waals surface area (Å²) in [6.07, 6.45) is 17.9. The number of aromatic nitrogens is 1. The molecule has 2 atom stereocenters. The molecule has 2 unspecified atom stereocenters. The molecule has 7 aromatic rings. The molecule has 0 amide bonds. The van der Waals surface area contributed by atoms with Crippen LogP contribution in [0.5, 0.6) is 0 Å². The average molecular weight is 601 g/mol. The first-order chi connectivity index (χ1) is 22.3. The number of aliphatic imine (C=N–C) groups is 1. The van der Waals surface area contributed by atoms with Crippen molar-refractivity contribution in [3.8, 4) is 0 Å². The zero-order chi connectivity index (χ0) is 29.5. The largest absolute Gasteiger partial charge is 0.467 e. The fraction of sp³-hybridized carbons (Fsp3) is 0.125. The first-order valence-electron chi connectivity index (χ1n) is 15.6. The van der Waals surface area contributed by atoms with E-state index < -0.39 is 0 Å². The van der Waals surface area contributed by atoms with Crippen molar-refractivity contribution in [3.63, 3.8) is 0 Å². The van der Waals surface area contributed by atoms with Crippen LogP contribution in [-0.2, 0) is 4.74 Å². The number of allylic oxidation sites excluding steroid dienone is 6. The molecule has 10 rings (SSSR count). The zero-order valence-electron chi connectivity index (χ0n) is 24.4. The Balaban J connectivity index is 1.11. The summed E-state index contributed by atoms with van der Waals surface area (Å²) >= 11 is 1.90. The second-order valence-electron chi connectivity index (χ2n) is 12.1. The topological polar surface area (TPSA) is 39.7 Å². The van der Waals surface area contributed by atoms with Gasteiger partial charge in [0.25, 0.3) is 0 Å². The number of furan rings is 1. The smallest absolute Gasteiger partial charge is 0.184 e. The minimum absolute atomic E-state index is 0.131. The van der Waals surface area contributed by atoms with Crippen molar-refractivity contribution in [3.05, 3.63) is 132 Å². The third-order valence-corrected chi connectivity index (χ3v) is 10.8. The summed E-state index contributed by atoms with van der Waals surface area (Å²) in [5, 5.41) is 6.33. The Hall–Kier alpha value is -5.13. The predicted molar refractivity (Wildman–Crippen MR) is 188 cm³/mol. The number of ether oxygens (including phenoxy) is 1. The number of hydrogen-bond acceptors (Lipinski definition) is 4. The van der Waals surface area contributed by atoms with E-state index in [9.17, 15) is 0 Å². The van der Waals surface area contributed by atoms with Crippen molar-refractivity contribution in [1.29, 1.82) is 0 Å². The summed E-state index contributed by atoms with van der Waals surface area (Å²) in [6.45, 7) is 0. The van der Waals surface area contributed by atoms with E-state index in [4.69, 9.17) is 9.15 Å². The summed E-state index contributed by atoms with van der Waals surface area (Å²) in [5.74, 6) is 0.767. The Kier molecular flexibility index (Phi) is 5.43. The lowest BCUT2D eigenvalue weighted by Gasteiger charge is -2.25. The Morgan fingerprint density at radius 3 is 2.64 bits per heavy atom. The summed E-state index contributed by atoms with van der Waals surface area (Å²) < 4.78 is 17.9. The van der Waals surface area contributed by atoms with E-state index in [1.165, 1.54) is 53.1 Å². The minimum atomic E-state index is -0.358. The van der Waals surface area contributed by atoms with Crippen LogP contribution in [0.1, 0.15) is 42.7 Å². The van der Waals surface area contributed by atoms with Crippen molar-refractivity contribution < 1.29 is 9.15 Å². The number of nitrogens with zero attached hydrogens (tertiary/aromatic N) is 2. The van der Waals surface area contributed by atoms with Crippen LogP contribution < -0.4 is 0 Å². The van der Waals surface area contributed by atoms with Gasteiger partial charge < -0.3 is 13.7 Å². The van der Waals surface area contributed by atoms with Gasteiger partial charge >= 0.3 is 0 Å². The van der Waals surface area contributed by atoms with Gasteiger partial charge in [0, 0.05) is 41.8 Å². The highest BCUT2D eigenvalue weighted by Gasteiger charge is 2.31. The first-order valence-corrected chi connectivity index (χ1v) is 16.5. The van der Waals surface area contributed by atoms with Gasteiger partial charge in [-0.3, -0.25) is 0 Å². The number of hydrogen-bond donors (Lipinski definition) is 0. The van der Waals surface area contributed by atoms with Crippen LogP contribution >= 0.6 is 11.3 Å². The second kappa shape index (κ2) is 9.68. The van der Waals surface area contributed by atoms with E-state index in [1.807, 2.05) is 11.3 Å². The number of benzene rings is 4. The Morgan fingerprint density at radius 1 is 0.800 bits per heavy atom. The van der Waals surface area contributed by atoms with E-state index in [0.29, 0.717) is 0 Å². The molecule has 0 bridgehead atoms. The van der Waals surface area contributed by atoms with Crippen molar-refractivity contribution in [2.24, 2.45) is 4.99 Å². The van der Waals surface area contributed by atoms with Crippen LogP contribution in [0.4, 0.5) is 5.69 Å². The molecule has 2 aliphatic carbocycles. The summed E-state index contributed by atoms with van der Waals surface area (Å²) in [7, 11) is 0. The molecule has 4 aromatic carbocycles. The van der Waals surface area contributed by atoms with Crippen LogP contribution in [0.25, 0.3) is 58.5 Å². The van der Waals surface area contributed by atoms with Crippen LogP contribution in [0.15, 0.2) is 130 Å². The molecule has 216 valence electrons. The molecule has 3 aliphatic rings. The molecule has 1 aliphatic heterocycles. The van der Waals surface area contributed by atoms with E-state index in [2.05, 4.69) is 125 Å². The normalized spacial score (nSPS) is 19.5. The maximum absolute atomic E-state index is 6.49. The Bertz CT molecular complexity index is 2510. The maximum atomic E-state index is 6.49. The predicted octanol–water partition coefficient (Wildman–Crippen LogP) is 11.5. The molecule has 0 fully saturated rings. The molecule has 4 nitrogen and oxygen atoms in total. The van der Waals surface area contributed by atoms with E-state index >= 15 is 0 Å². The van der Waals surface area contributed by atoms with Crippen molar-refractivity contribution in [2.75, 3.05) is 0 Å². The van der Waals surface area contributed by atoms with Gasteiger partial charge in [0.1, 0.15) is 11.3 Å². The Morgan fingerprint density at radius 2 is 1.71 bits per heavy atom. The molecule has 0 spiro atoms. The van der Waals surface area contributed by atoms with E-state index in [1.54, 1.807) is 6.40 Å². The molecule has 0 N–H and O–H groups in total.